The van der Waals surface area contributed by atoms with E-state index in [1.165, 1.54) is 25.3 Å². The van der Waals surface area contributed by atoms with E-state index in [4.69, 9.17) is 0 Å². The standard InChI is InChI=1S/C16H22O3/c1-2-13(17)16(11-6-4-3-5-7-11)12-8-9-14(18)15(19)10-12/h8-11,16,18-19H,2-7H2,1H3. The number of hydrogen-bond acceptors (Lipinski definition) is 3. The van der Waals surface area contributed by atoms with Gasteiger partial charge < -0.3 is 10.2 Å². The SMILES string of the molecule is CCC(=O)C(c1ccc(O)c(O)c1)C1CCCCC1. The number of hydrogen-bond donors (Lipinski definition) is 2. The zero-order chi connectivity index (χ0) is 13.8. The van der Waals surface area contributed by atoms with Crippen LogP contribution in [0.2, 0.25) is 0 Å². The number of carbonyl (C=O) groups excluding carboxylic acids is 1. The first-order valence-electron chi connectivity index (χ1n) is 7.18. The summed E-state index contributed by atoms with van der Waals surface area (Å²) in [5.41, 5.74) is 0.842. The molecule has 2 N–H and O–H groups in total. The summed E-state index contributed by atoms with van der Waals surface area (Å²) in [5.74, 6) is 0.219. The molecule has 0 heterocycles. The molecule has 0 bridgehead atoms. The van der Waals surface area contributed by atoms with Crippen LogP contribution in [-0.2, 0) is 4.79 Å². The maximum Gasteiger partial charge on any atom is 0.157 e. The summed E-state index contributed by atoms with van der Waals surface area (Å²) in [6, 6.07) is 4.79. The highest BCUT2D eigenvalue weighted by Gasteiger charge is 2.30. The van der Waals surface area contributed by atoms with Gasteiger partial charge in [0.2, 0.25) is 0 Å². The predicted molar refractivity (Wildman–Crippen MR) is 74.4 cm³/mol. The fourth-order valence-electron chi connectivity index (χ4n) is 3.14. The Balaban J connectivity index is 2.30. The van der Waals surface area contributed by atoms with E-state index in [0.29, 0.717) is 12.3 Å². The van der Waals surface area contributed by atoms with Gasteiger partial charge in [-0.3, -0.25) is 4.79 Å². The van der Waals surface area contributed by atoms with Crippen LogP contribution in [0, 0.1) is 5.92 Å². The third kappa shape index (κ3) is 3.09. The van der Waals surface area contributed by atoms with Crippen molar-refractivity contribution in [2.45, 2.75) is 51.4 Å². The van der Waals surface area contributed by atoms with Crippen LogP contribution in [-0.4, -0.2) is 16.0 Å². The highest BCUT2D eigenvalue weighted by atomic mass is 16.3. The highest BCUT2D eigenvalue weighted by Crippen LogP contribution is 2.39. The molecule has 104 valence electrons. The minimum Gasteiger partial charge on any atom is -0.504 e. The highest BCUT2D eigenvalue weighted by molar-refractivity contribution is 5.86. The van der Waals surface area contributed by atoms with Crippen LogP contribution >= 0.6 is 0 Å². The molecule has 1 aromatic rings. The Morgan fingerprint density at radius 1 is 1.21 bits per heavy atom. The molecule has 0 spiro atoms. The van der Waals surface area contributed by atoms with Crippen molar-refractivity contribution >= 4 is 5.78 Å². The molecule has 2 rings (SSSR count). The van der Waals surface area contributed by atoms with Crippen LogP contribution < -0.4 is 0 Å². The van der Waals surface area contributed by atoms with E-state index < -0.39 is 0 Å². The molecule has 19 heavy (non-hydrogen) atoms. The molecule has 0 amide bonds. The third-order valence-corrected chi connectivity index (χ3v) is 4.18. The van der Waals surface area contributed by atoms with Crippen molar-refractivity contribution in [1.29, 1.82) is 0 Å². The van der Waals surface area contributed by atoms with Crippen molar-refractivity contribution in [2.75, 3.05) is 0 Å². The lowest BCUT2D eigenvalue weighted by molar-refractivity contribution is -0.121. The Kier molecular flexibility index (Phi) is 4.46. The average molecular weight is 262 g/mol. The number of benzene rings is 1. The van der Waals surface area contributed by atoms with Gasteiger partial charge in [0.25, 0.3) is 0 Å². The molecular weight excluding hydrogens is 240 g/mol. The van der Waals surface area contributed by atoms with Crippen molar-refractivity contribution < 1.29 is 15.0 Å². The molecule has 0 radical (unpaired) electrons. The van der Waals surface area contributed by atoms with Crippen molar-refractivity contribution in [3.8, 4) is 11.5 Å². The topological polar surface area (TPSA) is 57.5 Å². The van der Waals surface area contributed by atoms with E-state index in [2.05, 4.69) is 0 Å². The molecule has 1 aromatic carbocycles. The normalized spacial score (nSPS) is 18.2. The first-order chi connectivity index (χ1) is 9.13. The first-order valence-corrected chi connectivity index (χ1v) is 7.18. The summed E-state index contributed by atoms with van der Waals surface area (Å²) in [4.78, 5) is 12.3. The van der Waals surface area contributed by atoms with Crippen molar-refractivity contribution in [2.24, 2.45) is 5.92 Å². The van der Waals surface area contributed by atoms with Crippen LogP contribution in [0.5, 0.6) is 11.5 Å². The van der Waals surface area contributed by atoms with E-state index >= 15 is 0 Å². The first kappa shape index (κ1) is 13.9. The second-order valence-corrected chi connectivity index (χ2v) is 5.44. The van der Waals surface area contributed by atoms with Gasteiger partial charge in [-0.2, -0.15) is 0 Å². The Bertz CT molecular complexity index is 447. The molecule has 1 aliphatic rings. The molecule has 1 atom stereocenters. The van der Waals surface area contributed by atoms with Crippen molar-refractivity contribution in [1.82, 2.24) is 0 Å². The summed E-state index contributed by atoms with van der Waals surface area (Å²) in [6.45, 7) is 1.89. The fourth-order valence-corrected chi connectivity index (χ4v) is 3.14. The van der Waals surface area contributed by atoms with Crippen molar-refractivity contribution in [3.05, 3.63) is 23.8 Å². The Morgan fingerprint density at radius 3 is 2.47 bits per heavy atom. The Labute approximate surface area is 114 Å². The lowest BCUT2D eigenvalue weighted by Crippen LogP contribution is -2.23. The Morgan fingerprint density at radius 2 is 1.89 bits per heavy atom. The maximum absolute atomic E-state index is 12.3. The second-order valence-electron chi connectivity index (χ2n) is 5.44. The smallest absolute Gasteiger partial charge is 0.157 e. The monoisotopic (exact) mass is 262 g/mol. The number of carbonyl (C=O) groups is 1. The lowest BCUT2D eigenvalue weighted by Gasteiger charge is -2.29. The third-order valence-electron chi connectivity index (χ3n) is 4.18. The van der Waals surface area contributed by atoms with Gasteiger partial charge in [-0.15, -0.1) is 0 Å². The van der Waals surface area contributed by atoms with Crippen LogP contribution in [0.1, 0.15) is 56.9 Å². The fraction of sp³-hybridized carbons (Fsp3) is 0.562. The zero-order valence-corrected chi connectivity index (χ0v) is 11.4. The summed E-state index contributed by atoms with van der Waals surface area (Å²) < 4.78 is 0. The molecule has 0 aliphatic heterocycles. The molecule has 1 saturated carbocycles. The van der Waals surface area contributed by atoms with Gasteiger partial charge in [-0.05, 0) is 36.5 Å². The minimum atomic E-state index is -0.137. The summed E-state index contributed by atoms with van der Waals surface area (Å²) in [7, 11) is 0. The number of ketones is 1. The van der Waals surface area contributed by atoms with Crippen LogP contribution in [0.4, 0.5) is 0 Å². The van der Waals surface area contributed by atoms with E-state index in [-0.39, 0.29) is 23.2 Å². The van der Waals surface area contributed by atoms with Crippen LogP contribution in [0.25, 0.3) is 0 Å². The minimum absolute atomic E-state index is 0.128. The lowest BCUT2D eigenvalue weighted by atomic mass is 9.74. The van der Waals surface area contributed by atoms with Gasteiger partial charge in [0.05, 0.1) is 0 Å². The Hall–Kier alpha value is -1.51. The zero-order valence-electron chi connectivity index (χ0n) is 11.4. The quantitative estimate of drug-likeness (QED) is 0.813. The second kappa shape index (κ2) is 6.09. The molecular formula is C16H22O3. The number of rotatable bonds is 4. The average Bonchev–Trinajstić information content (AvgIpc) is 2.44. The van der Waals surface area contributed by atoms with Gasteiger partial charge >= 0.3 is 0 Å². The molecule has 3 heteroatoms. The molecule has 1 aliphatic carbocycles. The van der Waals surface area contributed by atoms with Gasteiger partial charge in [-0.1, -0.05) is 32.3 Å². The predicted octanol–water partition coefficient (Wildman–Crippen LogP) is 3.74. The van der Waals surface area contributed by atoms with Crippen LogP contribution in [0.15, 0.2) is 18.2 Å². The number of Topliss-reactive ketones (excluding diaryl/α,β-unsaturated/α-hetero) is 1. The summed E-state index contributed by atoms with van der Waals surface area (Å²) in [6.07, 6.45) is 6.30. The van der Waals surface area contributed by atoms with E-state index in [1.54, 1.807) is 12.1 Å². The van der Waals surface area contributed by atoms with Gasteiger partial charge in [0.1, 0.15) is 5.78 Å². The van der Waals surface area contributed by atoms with Gasteiger partial charge in [0.15, 0.2) is 11.5 Å². The number of phenols is 2. The summed E-state index contributed by atoms with van der Waals surface area (Å²) in [5, 5.41) is 19.0. The molecule has 0 aromatic heterocycles. The summed E-state index contributed by atoms with van der Waals surface area (Å²) >= 11 is 0. The largest absolute Gasteiger partial charge is 0.504 e. The maximum atomic E-state index is 12.3. The molecule has 1 unspecified atom stereocenters. The van der Waals surface area contributed by atoms with E-state index in [0.717, 1.165) is 18.4 Å². The number of phenolic OH excluding ortho intramolecular Hbond substituents is 2. The van der Waals surface area contributed by atoms with Crippen molar-refractivity contribution in [3.63, 3.8) is 0 Å². The van der Waals surface area contributed by atoms with Crippen LogP contribution in [0.3, 0.4) is 0 Å². The molecule has 0 saturated heterocycles. The van der Waals surface area contributed by atoms with Gasteiger partial charge in [0, 0.05) is 12.3 Å². The van der Waals surface area contributed by atoms with E-state index in [9.17, 15) is 15.0 Å². The molecule has 3 nitrogen and oxygen atoms in total. The van der Waals surface area contributed by atoms with E-state index in [1.807, 2.05) is 6.92 Å². The molecule has 1 fully saturated rings. The number of aromatic hydroxyl groups is 2. The van der Waals surface area contributed by atoms with Gasteiger partial charge in [-0.25, -0.2) is 0 Å².